The predicted octanol–water partition coefficient (Wildman–Crippen LogP) is 1.17. The molecule has 1 heterocycles. The van der Waals surface area contributed by atoms with Crippen LogP contribution in [0.4, 0.5) is 0 Å². The Balaban J connectivity index is 1.67. The van der Waals surface area contributed by atoms with E-state index in [0.717, 1.165) is 52.3 Å². The van der Waals surface area contributed by atoms with Crippen LogP contribution in [0.25, 0.3) is 0 Å². The monoisotopic (exact) mass is 277 g/mol. The van der Waals surface area contributed by atoms with Gasteiger partial charge in [-0.1, -0.05) is 30.3 Å². The maximum atomic E-state index is 6.11. The highest BCUT2D eigenvalue weighted by Crippen LogP contribution is 2.08. The molecular weight excluding hydrogens is 250 g/mol. The van der Waals surface area contributed by atoms with Crippen LogP contribution >= 0.6 is 0 Å². The molecule has 2 N–H and O–H groups in total. The van der Waals surface area contributed by atoms with E-state index in [1.54, 1.807) is 7.11 Å². The number of hydrogen-bond acceptors (Lipinski definition) is 4. The van der Waals surface area contributed by atoms with Gasteiger partial charge in [0.1, 0.15) is 0 Å². The summed E-state index contributed by atoms with van der Waals surface area (Å²) in [5.41, 5.74) is 7.51. The molecule has 2 rings (SSSR count). The van der Waals surface area contributed by atoms with Gasteiger partial charge in [0.05, 0.1) is 0 Å². The number of benzene rings is 1. The molecule has 0 saturated carbocycles. The summed E-state index contributed by atoms with van der Waals surface area (Å²) in [6.45, 7) is 7.31. The van der Waals surface area contributed by atoms with Crippen molar-refractivity contribution in [3.8, 4) is 0 Å². The Morgan fingerprint density at radius 2 is 1.75 bits per heavy atom. The van der Waals surface area contributed by atoms with Gasteiger partial charge in [0.2, 0.25) is 0 Å². The van der Waals surface area contributed by atoms with Crippen molar-refractivity contribution in [2.75, 3.05) is 46.4 Å². The number of rotatable bonds is 7. The summed E-state index contributed by atoms with van der Waals surface area (Å²) in [6, 6.07) is 10.9. The highest BCUT2D eigenvalue weighted by atomic mass is 16.5. The molecule has 0 amide bonds. The molecule has 4 nitrogen and oxygen atoms in total. The number of hydrogen-bond donors (Lipinski definition) is 1. The lowest BCUT2D eigenvalue weighted by molar-refractivity contribution is 0.115. The van der Waals surface area contributed by atoms with Gasteiger partial charge in [-0.05, 0) is 12.0 Å². The van der Waals surface area contributed by atoms with Crippen molar-refractivity contribution in [2.45, 2.75) is 19.0 Å². The lowest BCUT2D eigenvalue weighted by atomic mass is 10.1. The van der Waals surface area contributed by atoms with Crippen LogP contribution in [0.2, 0.25) is 0 Å². The average Bonchev–Trinajstić information content (AvgIpc) is 2.48. The average molecular weight is 277 g/mol. The second kappa shape index (κ2) is 8.37. The van der Waals surface area contributed by atoms with Crippen LogP contribution in [0, 0.1) is 0 Å². The smallest absolute Gasteiger partial charge is 0.0477 e. The molecule has 1 saturated heterocycles. The Kier molecular flexibility index (Phi) is 6.47. The van der Waals surface area contributed by atoms with Gasteiger partial charge >= 0.3 is 0 Å². The van der Waals surface area contributed by atoms with E-state index in [2.05, 4.69) is 40.1 Å². The van der Waals surface area contributed by atoms with E-state index >= 15 is 0 Å². The van der Waals surface area contributed by atoms with E-state index in [9.17, 15) is 0 Å². The first-order valence-corrected chi connectivity index (χ1v) is 7.51. The third-order valence-corrected chi connectivity index (χ3v) is 3.90. The summed E-state index contributed by atoms with van der Waals surface area (Å²) in [6.07, 6.45) is 0.945. The first kappa shape index (κ1) is 15.4. The third kappa shape index (κ3) is 5.21. The zero-order chi connectivity index (χ0) is 14.2. The topological polar surface area (TPSA) is 41.7 Å². The van der Waals surface area contributed by atoms with Crippen molar-refractivity contribution < 1.29 is 4.74 Å². The Hall–Kier alpha value is -0.940. The van der Waals surface area contributed by atoms with Crippen molar-refractivity contribution in [2.24, 2.45) is 5.73 Å². The van der Waals surface area contributed by atoms with Crippen LogP contribution in [0.5, 0.6) is 0 Å². The normalized spacial score (nSPS) is 19.1. The van der Waals surface area contributed by atoms with Gasteiger partial charge in [-0.2, -0.15) is 0 Å². The van der Waals surface area contributed by atoms with E-state index in [4.69, 9.17) is 10.5 Å². The maximum Gasteiger partial charge on any atom is 0.0477 e. The van der Waals surface area contributed by atoms with Crippen LogP contribution in [0.15, 0.2) is 30.3 Å². The molecule has 1 fully saturated rings. The summed E-state index contributed by atoms with van der Waals surface area (Å²) in [4.78, 5) is 4.99. The third-order valence-electron chi connectivity index (χ3n) is 3.90. The lowest BCUT2D eigenvalue weighted by Gasteiger charge is -2.35. The minimum absolute atomic E-state index is 0.232. The maximum absolute atomic E-state index is 6.11. The van der Waals surface area contributed by atoms with E-state index in [-0.39, 0.29) is 6.04 Å². The Morgan fingerprint density at radius 1 is 1.10 bits per heavy atom. The zero-order valence-corrected chi connectivity index (χ0v) is 12.5. The van der Waals surface area contributed by atoms with Gasteiger partial charge in [-0.25, -0.2) is 0 Å². The van der Waals surface area contributed by atoms with Gasteiger partial charge in [-0.15, -0.1) is 0 Å². The standard InChI is InChI=1S/C16H27N3O/c1-20-12-7-16(17)14-19-10-8-18(9-11-19)13-15-5-3-2-4-6-15/h2-6,16H,7-14,17H2,1H3. The Morgan fingerprint density at radius 3 is 2.40 bits per heavy atom. The zero-order valence-electron chi connectivity index (χ0n) is 12.5. The fourth-order valence-electron chi connectivity index (χ4n) is 2.66. The molecule has 4 heteroatoms. The van der Waals surface area contributed by atoms with Crippen LogP contribution < -0.4 is 5.73 Å². The Bertz CT molecular complexity index is 363. The summed E-state index contributed by atoms with van der Waals surface area (Å²) >= 11 is 0. The first-order chi connectivity index (χ1) is 9.78. The highest BCUT2D eigenvalue weighted by molar-refractivity contribution is 5.14. The number of ether oxygens (including phenoxy) is 1. The van der Waals surface area contributed by atoms with Crippen LogP contribution in [0.1, 0.15) is 12.0 Å². The molecule has 0 aromatic heterocycles. The first-order valence-electron chi connectivity index (χ1n) is 7.51. The number of piperazine rings is 1. The second-order valence-corrected chi connectivity index (χ2v) is 5.60. The largest absolute Gasteiger partial charge is 0.385 e. The molecular formula is C16H27N3O. The van der Waals surface area contributed by atoms with Gasteiger partial charge in [0, 0.05) is 59.0 Å². The Labute approximate surface area is 122 Å². The van der Waals surface area contributed by atoms with Gasteiger partial charge < -0.3 is 10.5 Å². The quantitative estimate of drug-likeness (QED) is 0.812. The number of nitrogens with zero attached hydrogens (tertiary/aromatic N) is 2. The van der Waals surface area contributed by atoms with Crippen molar-refractivity contribution >= 4 is 0 Å². The second-order valence-electron chi connectivity index (χ2n) is 5.60. The van der Waals surface area contributed by atoms with Gasteiger partial charge in [-0.3, -0.25) is 9.80 Å². The molecule has 112 valence electrons. The van der Waals surface area contributed by atoms with Crippen molar-refractivity contribution in [3.63, 3.8) is 0 Å². The van der Waals surface area contributed by atoms with Crippen LogP contribution in [0.3, 0.4) is 0 Å². The molecule has 1 aromatic carbocycles. The fraction of sp³-hybridized carbons (Fsp3) is 0.625. The van der Waals surface area contributed by atoms with Crippen molar-refractivity contribution in [3.05, 3.63) is 35.9 Å². The summed E-state index contributed by atoms with van der Waals surface area (Å²) in [7, 11) is 1.73. The van der Waals surface area contributed by atoms with Gasteiger partial charge in [0.25, 0.3) is 0 Å². The highest BCUT2D eigenvalue weighted by Gasteiger charge is 2.18. The molecule has 0 radical (unpaired) electrons. The summed E-state index contributed by atoms with van der Waals surface area (Å²) in [5.74, 6) is 0. The minimum Gasteiger partial charge on any atom is -0.385 e. The minimum atomic E-state index is 0.232. The molecule has 1 aliphatic heterocycles. The molecule has 0 spiro atoms. The molecule has 1 unspecified atom stereocenters. The predicted molar refractivity (Wildman–Crippen MR) is 82.6 cm³/mol. The van der Waals surface area contributed by atoms with Crippen LogP contribution in [-0.4, -0.2) is 62.3 Å². The molecule has 20 heavy (non-hydrogen) atoms. The van der Waals surface area contributed by atoms with E-state index in [0.29, 0.717) is 0 Å². The van der Waals surface area contributed by atoms with E-state index < -0.39 is 0 Å². The lowest BCUT2D eigenvalue weighted by Crippen LogP contribution is -2.49. The summed E-state index contributed by atoms with van der Waals surface area (Å²) < 4.78 is 5.08. The number of methoxy groups -OCH3 is 1. The molecule has 1 atom stereocenters. The molecule has 1 aromatic rings. The van der Waals surface area contributed by atoms with Crippen LogP contribution in [-0.2, 0) is 11.3 Å². The molecule has 1 aliphatic rings. The SMILES string of the molecule is COCCC(N)CN1CCN(Cc2ccccc2)CC1. The number of nitrogens with two attached hydrogens (primary N) is 1. The van der Waals surface area contributed by atoms with E-state index in [1.165, 1.54) is 5.56 Å². The van der Waals surface area contributed by atoms with Gasteiger partial charge in [0.15, 0.2) is 0 Å². The fourth-order valence-corrected chi connectivity index (χ4v) is 2.66. The van der Waals surface area contributed by atoms with E-state index in [1.807, 2.05) is 0 Å². The van der Waals surface area contributed by atoms with Crippen molar-refractivity contribution in [1.82, 2.24) is 9.80 Å². The molecule has 0 bridgehead atoms. The summed E-state index contributed by atoms with van der Waals surface area (Å²) in [5, 5.41) is 0. The van der Waals surface area contributed by atoms with Crippen molar-refractivity contribution in [1.29, 1.82) is 0 Å². The molecule has 0 aliphatic carbocycles.